The van der Waals surface area contributed by atoms with Crippen molar-refractivity contribution < 1.29 is 4.42 Å². The lowest BCUT2D eigenvalue weighted by molar-refractivity contribution is 0.535. The highest BCUT2D eigenvalue weighted by Crippen LogP contribution is 2.31. The number of nitrogens with two attached hydrogens (primary N) is 1. The van der Waals surface area contributed by atoms with E-state index in [-0.39, 0.29) is 0 Å². The van der Waals surface area contributed by atoms with Crippen LogP contribution in [-0.2, 0) is 13.0 Å². The summed E-state index contributed by atoms with van der Waals surface area (Å²) in [6.07, 6.45) is 1.03. The van der Waals surface area contributed by atoms with E-state index in [0.717, 1.165) is 17.8 Å². The molecule has 2 heteroatoms. The molecular formula is C15H21NO. The fourth-order valence-corrected chi connectivity index (χ4v) is 2.52. The number of hydrogen-bond acceptors (Lipinski definition) is 2. The van der Waals surface area contributed by atoms with Crippen LogP contribution in [0.1, 0.15) is 36.3 Å². The Balaban J connectivity index is 2.69. The number of aryl methyl sites for hydroxylation is 2. The van der Waals surface area contributed by atoms with Crippen molar-refractivity contribution in [1.82, 2.24) is 0 Å². The van der Waals surface area contributed by atoms with Crippen molar-refractivity contribution in [2.75, 3.05) is 0 Å². The molecule has 0 atom stereocenters. The minimum absolute atomic E-state index is 0.481. The smallest absolute Gasteiger partial charge is 0.135 e. The van der Waals surface area contributed by atoms with Crippen LogP contribution in [0.5, 0.6) is 0 Å². The van der Waals surface area contributed by atoms with Gasteiger partial charge in [-0.15, -0.1) is 0 Å². The van der Waals surface area contributed by atoms with Crippen molar-refractivity contribution in [1.29, 1.82) is 0 Å². The Morgan fingerprint density at radius 3 is 2.53 bits per heavy atom. The Bertz CT molecular complexity index is 537. The first-order chi connectivity index (χ1) is 8.02. The van der Waals surface area contributed by atoms with Crippen LogP contribution in [0.2, 0.25) is 0 Å². The summed E-state index contributed by atoms with van der Waals surface area (Å²) in [5, 5.41) is 1.27. The van der Waals surface area contributed by atoms with Gasteiger partial charge in [-0.25, -0.2) is 0 Å². The van der Waals surface area contributed by atoms with E-state index in [9.17, 15) is 0 Å². The number of fused-ring (bicyclic) bond motifs is 1. The molecule has 17 heavy (non-hydrogen) atoms. The van der Waals surface area contributed by atoms with E-state index in [1.54, 1.807) is 0 Å². The maximum absolute atomic E-state index is 5.89. The van der Waals surface area contributed by atoms with Gasteiger partial charge in [0.15, 0.2) is 0 Å². The predicted octanol–water partition coefficient (Wildman–Crippen LogP) is 3.71. The maximum Gasteiger partial charge on any atom is 0.135 e. The molecule has 1 aromatic heterocycles. The molecular weight excluding hydrogens is 210 g/mol. The van der Waals surface area contributed by atoms with Crippen LogP contribution in [0.25, 0.3) is 11.0 Å². The van der Waals surface area contributed by atoms with Crippen molar-refractivity contribution in [3.05, 3.63) is 34.6 Å². The highest BCUT2D eigenvalue weighted by molar-refractivity contribution is 5.86. The monoisotopic (exact) mass is 231 g/mol. The molecule has 0 saturated carbocycles. The van der Waals surface area contributed by atoms with Gasteiger partial charge in [0.25, 0.3) is 0 Å². The second-order valence-electron chi connectivity index (χ2n) is 5.26. The van der Waals surface area contributed by atoms with Gasteiger partial charge in [-0.1, -0.05) is 19.9 Å². The molecule has 1 heterocycles. The highest BCUT2D eigenvalue weighted by Gasteiger charge is 2.16. The molecule has 92 valence electrons. The fourth-order valence-electron chi connectivity index (χ4n) is 2.52. The van der Waals surface area contributed by atoms with Crippen LogP contribution in [0, 0.1) is 19.8 Å². The van der Waals surface area contributed by atoms with Crippen molar-refractivity contribution >= 4 is 11.0 Å². The van der Waals surface area contributed by atoms with Crippen LogP contribution in [0.3, 0.4) is 0 Å². The Labute approximate surface area is 103 Å². The molecule has 0 fully saturated rings. The van der Waals surface area contributed by atoms with Gasteiger partial charge in [0.05, 0.1) is 6.54 Å². The zero-order valence-corrected chi connectivity index (χ0v) is 11.1. The lowest BCUT2D eigenvalue weighted by Crippen LogP contribution is -2.02. The van der Waals surface area contributed by atoms with Gasteiger partial charge in [0.1, 0.15) is 11.3 Å². The van der Waals surface area contributed by atoms with Gasteiger partial charge < -0.3 is 10.2 Å². The molecule has 1 aromatic carbocycles. The van der Waals surface area contributed by atoms with E-state index < -0.39 is 0 Å². The zero-order chi connectivity index (χ0) is 12.6. The van der Waals surface area contributed by atoms with Crippen LogP contribution in [0.4, 0.5) is 0 Å². The van der Waals surface area contributed by atoms with E-state index in [1.807, 2.05) is 0 Å². The van der Waals surface area contributed by atoms with Gasteiger partial charge in [-0.3, -0.25) is 0 Å². The first-order valence-electron chi connectivity index (χ1n) is 6.24. The molecule has 0 aliphatic heterocycles. The van der Waals surface area contributed by atoms with E-state index in [0.29, 0.717) is 12.5 Å². The summed E-state index contributed by atoms with van der Waals surface area (Å²) in [6, 6.07) is 4.31. The summed E-state index contributed by atoms with van der Waals surface area (Å²) >= 11 is 0. The fraction of sp³-hybridized carbons (Fsp3) is 0.467. The van der Waals surface area contributed by atoms with Crippen LogP contribution >= 0.6 is 0 Å². The molecule has 0 aliphatic carbocycles. The summed E-state index contributed by atoms with van der Waals surface area (Å²) in [5.41, 5.74) is 10.6. The lowest BCUT2D eigenvalue weighted by Gasteiger charge is -2.06. The molecule has 0 radical (unpaired) electrons. The number of rotatable bonds is 3. The van der Waals surface area contributed by atoms with Crippen molar-refractivity contribution in [2.24, 2.45) is 11.7 Å². The highest BCUT2D eigenvalue weighted by atomic mass is 16.3. The minimum Gasteiger partial charge on any atom is -0.459 e. The summed E-state index contributed by atoms with van der Waals surface area (Å²) in [6.45, 7) is 9.18. The van der Waals surface area contributed by atoms with Crippen molar-refractivity contribution in [3.63, 3.8) is 0 Å². The minimum atomic E-state index is 0.481. The topological polar surface area (TPSA) is 39.2 Å². The standard InChI is InChI=1S/C15H21NO/c1-9(2)5-12-14(8-16)17-13-7-10(3)6-11(4)15(12)13/h6-7,9H,5,8,16H2,1-4H3. The van der Waals surface area contributed by atoms with E-state index in [1.165, 1.54) is 22.1 Å². The molecule has 0 saturated heterocycles. The van der Waals surface area contributed by atoms with Gasteiger partial charge in [0, 0.05) is 10.9 Å². The van der Waals surface area contributed by atoms with Crippen LogP contribution in [-0.4, -0.2) is 0 Å². The Hall–Kier alpha value is -1.28. The number of benzene rings is 1. The molecule has 0 aliphatic rings. The normalized spacial score (nSPS) is 11.6. The van der Waals surface area contributed by atoms with E-state index in [4.69, 9.17) is 10.2 Å². The summed E-state index contributed by atoms with van der Waals surface area (Å²) < 4.78 is 5.89. The molecule has 0 bridgehead atoms. The first kappa shape index (κ1) is 12.2. The van der Waals surface area contributed by atoms with Crippen molar-refractivity contribution in [2.45, 2.75) is 40.7 Å². The quantitative estimate of drug-likeness (QED) is 0.874. The lowest BCUT2D eigenvalue weighted by atomic mass is 9.96. The van der Waals surface area contributed by atoms with E-state index in [2.05, 4.69) is 39.8 Å². The van der Waals surface area contributed by atoms with Gasteiger partial charge in [-0.2, -0.15) is 0 Å². The second-order valence-corrected chi connectivity index (χ2v) is 5.26. The summed E-state index contributed by atoms with van der Waals surface area (Å²) in [5.74, 6) is 1.56. The second kappa shape index (κ2) is 4.53. The molecule has 0 unspecified atom stereocenters. The zero-order valence-electron chi connectivity index (χ0n) is 11.1. The SMILES string of the molecule is Cc1cc(C)c2c(CC(C)C)c(CN)oc2c1. The number of hydrogen-bond donors (Lipinski definition) is 1. The Morgan fingerprint density at radius 1 is 1.24 bits per heavy atom. The van der Waals surface area contributed by atoms with Crippen LogP contribution < -0.4 is 5.73 Å². The first-order valence-corrected chi connectivity index (χ1v) is 6.24. The molecule has 0 amide bonds. The molecule has 2 aromatic rings. The van der Waals surface area contributed by atoms with Gasteiger partial charge in [0.2, 0.25) is 0 Å². The predicted molar refractivity (Wildman–Crippen MR) is 72.1 cm³/mol. The largest absolute Gasteiger partial charge is 0.459 e. The third-order valence-corrected chi connectivity index (χ3v) is 3.11. The third kappa shape index (κ3) is 2.22. The average Bonchev–Trinajstić information content (AvgIpc) is 2.55. The molecule has 2 rings (SSSR count). The van der Waals surface area contributed by atoms with Crippen LogP contribution in [0.15, 0.2) is 16.5 Å². The van der Waals surface area contributed by atoms with Gasteiger partial charge in [-0.05, 0) is 43.4 Å². The summed E-state index contributed by atoms with van der Waals surface area (Å²) in [4.78, 5) is 0. The third-order valence-electron chi connectivity index (χ3n) is 3.11. The van der Waals surface area contributed by atoms with Crippen molar-refractivity contribution in [3.8, 4) is 0 Å². The molecule has 2 nitrogen and oxygen atoms in total. The average molecular weight is 231 g/mol. The Kier molecular flexibility index (Phi) is 3.25. The van der Waals surface area contributed by atoms with E-state index >= 15 is 0 Å². The summed E-state index contributed by atoms with van der Waals surface area (Å²) in [7, 11) is 0. The molecule has 2 N–H and O–H groups in total. The Morgan fingerprint density at radius 2 is 1.94 bits per heavy atom. The number of furan rings is 1. The molecule has 0 spiro atoms. The van der Waals surface area contributed by atoms with Gasteiger partial charge >= 0.3 is 0 Å². The maximum atomic E-state index is 5.89.